The molecule has 6 nitrogen and oxygen atoms in total. The van der Waals surface area contributed by atoms with E-state index in [0.717, 1.165) is 25.7 Å². The molecular weight excluding hydrogens is 294 g/mol. The van der Waals surface area contributed by atoms with Crippen LogP contribution in [0.4, 0.5) is 0 Å². The zero-order valence-electron chi connectivity index (χ0n) is 12.3. The van der Waals surface area contributed by atoms with Crippen molar-refractivity contribution in [3.05, 3.63) is 0 Å². The standard InChI is InChI=1S/C14H23NO5S/c1-19-14(16)10-3-2-4-12(10)21(17,18)15-11-7-8-20-13(11)9-5-6-9/h9-13,15H,2-8H2,1H3. The third-order valence-corrected chi connectivity index (χ3v) is 6.89. The van der Waals surface area contributed by atoms with Crippen LogP contribution in [-0.2, 0) is 24.3 Å². The van der Waals surface area contributed by atoms with E-state index in [9.17, 15) is 13.2 Å². The fraction of sp³-hybridized carbons (Fsp3) is 0.929. The molecule has 0 spiro atoms. The minimum absolute atomic E-state index is 0.0118. The number of carbonyl (C=O) groups excluding carboxylic acids is 1. The van der Waals surface area contributed by atoms with Crippen LogP contribution in [0.15, 0.2) is 0 Å². The number of methoxy groups -OCH3 is 1. The van der Waals surface area contributed by atoms with Gasteiger partial charge in [0, 0.05) is 6.61 Å². The average Bonchev–Trinajstić information content (AvgIpc) is 2.99. The van der Waals surface area contributed by atoms with Gasteiger partial charge < -0.3 is 9.47 Å². The number of esters is 1. The lowest BCUT2D eigenvalue weighted by Gasteiger charge is -2.24. The first-order valence-corrected chi connectivity index (χ1v) is 9.28. The molecule has 3 rings (SSSR count). The summed E-state index contributed by atoms with van der Waals surface area (Å²) in [6, 6.07) is -0.138. The third kappa shape index (κ3) is 3.10. The second-order valence-corrected chi connectivity index (χ2v) is 8.26. The molecule has 21 heavy (non-hydrogen) atoms. The summed E-state index contributed by atoms with van der Waals surface area (Å²) < 4.78 is 38.5. The molecule has 4 atom stereocenters. The molecular formula is C14H23NO5S. The van der Waals surface area contributed by atoms with Crippen molar-refractivity contribution in [3.8, 4) is 0 Å². The Bertz CT molecular complexity index is 501. The molecule has 2 saturated carbocycles. The minimum Gasteiger partial charge on any atom is -0.469 e. The van der Waals surface area contributed by atoms with Gasteiger partial charge in [-0.3, -0.25) is 4.79 Å². The van der Waals surface area contributed by atoms with Crippen LogP contribution in [0.2, 0.25) is 0 Å². The van der Waals surface area contributed by atoms with Gasteiger partial charge in [-0.25, -0.2) is 13.1 Å². The maximum atomic E-state index is 12.6. The number of hydrogen-bond acceptors (Lipinski definition) is 5. The largest absolute Gasteiger partial charge is 0.469 e. The molecule has 0 aromatic rings. The highest BCUT2D eigenvalue weighted by atomic mass is 32.2. The van der Waals surface area contributed by atoms with Crippen molar-refractivity contribution in [3.63, 3.8) is 0 Å². The van der Waals surface area contributed by atoms with E-state index in [4.69, 9.17) is 9.47 Å². The van der Waals surface area contributed by atoms with Crippen molar-refractivity contribution in [2.75, 3.05) is 13.7 Å². The zero-order chi connectivity index (χ0) is 15.0. The Morgan fingerprint density at radius 2 is 1.95 bits per heavy atom. The summed E-state index contributed by atoms with van der Waals surface area (Å²) in [6.45, 7) is 0.611. The van der Waals surface area contributed by atoms with E-state index in [1.54, 1.807) is 0 Å². The van der Waals surface area contributed by atoms with E-state index in [1.807, 2.05) is 0 Å². The molecule has 1 aliphatic heterocycles. The molecule has 0 aromatic heterocycles. The Morgan fingerprint density at radius 3 is 2.62 bits per heavy atom. The van der Waals surface area contributed by atoms with Crippen LogP contribution < -0.4 is 4.72 Å². The van der Waals surface area contributed by atoms with Gasteiger partial charge in [-0.1, -0.05) is 6.42 Å². The first-order valence-electron chi connectivity index (χ1n) is 7.73. The number of ether oxygens (including phenoxy) is 2. The minimum atomic E-state index is -3.52. The molecule has 0 amide bonds. The molecule has 2 aliphatic carbocycles. The molecule has 120 valence electrons. The second-order valence-electron chi connectivity index (χ2n) is 6.33. The topological polar surface area (TPSA) is 81.7 Å². The molecule has 0 aromatic carbocycles. The van der Waals surface area contributed by atoms with Gasteiger partial charge in [0.15, 0.2) is 0 Å². The van der Waals surface area contributed by atoms with Crippen LogP contribution in [0, 0.1) is 11.8 Å². The van der Waals surface area contributed by atoms with Gasteiger partial charge in [0.25, 0.3) is 0 Å². The normalized spacial score (nSPS) is 36.8. The van der Waals surface area contributed by atoms with Crippen molar-refractivity contribution < 1.29 is 22.7 Å². The summed E-state index contributed by atoms with van der Waals surface area (Å²) in [7, 11) is -2.21. The lowest BCUT2D eigenvalue weighted by molar-refractivity contribution is -0.145. The van der Waals surface area contributed by atoms with E-state index in [-0.39, 0.29) is 12.1 Å². The number of rotatable bonds is 5. The summed E-state index contributed by atoms with van der Waals surface area (Å²) in [5.74, 6) is -0.446. The van der Waals surface area contributed by atoms with Crippen molar-refractivity contribution in [2.24, 2.45) is 11.8 Å². The molecule has 3 aliphatic rings. The third-order valence-electron chi connectivity index (χ3n) is 4.89. The van der Waals surface area contributed by atoms with Crippen LogP contribution in [0.25, 0.3) is 0 Å². The molecule has 0 radical (unpaired) electrons. The highest BCUT2D eigenvalue weighted by Crippen LogP contribution is 2.39. The number of carbonyl (C=O) groups is 1. The summed E-state index contributed by atoms with van der Waals surface area (Å²) in [6.07, 6.45) is 4.84. The highest BCUT2D eigenvalue weighted by molar-refractivity contribution is 7.90. The van der Waals surface area contributed by atoms with Gasteiger partial charge >= 0.3 is 5.97 Å². The first-order chi connectivity index (χ1) is 10.0. The molecule has 1 N–H and O–H groups in total. The molecule has 0 bridgehead atoms. The second kappa shape index (κ2) is 5.85. The van der Waals surface area contributed by atoms with Crippen LogP contribution in [0.5, 0.6) is 0 Å². The van der Waals surface area contributed by atoms with Crippen molar-refractivity contribution in [1.29, 1.82) is 0 Å². The summed E-state index contributed by atoms with van der Waals surface area (Å²) in [5, 5.41) is -0.662. The van der Waals surface area contributed by atoms with Gasteiger partial charge in [0.05, 0.1) is 30.4 Å². The van der Waals surface area contributed by atoms with E-state index in [0.29, 0.717) is 25.4 Å². The van der Waals surface area contributed by atoms with E-state index < -0.39 is 27.2 Å². The Labute approximate surface area is 125 Å². The van der Waals surface area contributed by atoms with Crippen LogP contribution >= 0.6 is 0 Å². The fourth-order valence-corrected chi connectivity index (χ4v) is 5.65. The molecule has 7 heteroatoms. The average molecular weight is 317 g/mol. The Kier molecular flexibility index (Phi) is 4.25. The van der Waals surface area contributed by atoms with Gasteiger partial charge in [-0.05, 0) is 38.0 Å². The zero-order valence-corrected chi connectivity index (χ0v) is 13.1. The van der Waals surface area contributed by atoms with Crippen molar-refractivity contribution in [2.45, 2.75) is 55.9 Å². The fourth-order valence-electron chi connectivity index (χ4n) is 3.64. The number of nitrogens with one attached hydrogen (secondary N) is 1. The van der Waals surface area contributed by atoms with Crippen molar-refractivity contribution in [1.82, 2.24) is 4.72 Å². The highest BCUT2D eigenvalue weighted by Gasteiger charge is 2.46. The lowest BCUT2D eigenvalue weighted by atomic mass is 10.1. The van der Waals surface area contributed by atoms with Crippen LogP contribution in [0.1, 0.15) is 38.5 Å². The Hall–Kier alpha value is -0.660. The summed E-state index contributed by atoms with van der Waals surface area (Å²) in [5.41, 5.74) is 0. The Morgan fingerprint density at radius 1 is 1.19 bits per heavy atom. The molecule has 3 fully saturated rings. The van der Waals surface area contributed by atoms with Gasteiger partial charge in [-0.2, -0.15) is 0 Å². The molecule has 4 unspecified atom stereocenters. The van der Waals surface area contributed by atoms with Gasteiger partial charge in [0.2, 0.25) is 10.0 Å². The smallest absolute Gasteiger partial charge is 0.310 e. The summed E-state index contributed by atoms with van der Waals surface area (Å²) >= 11 is 0. The van der Waals surface area contributed by atoms with Gasteiger partial charge in [-0.15, -0.1) is 0 Å². The predicted octanol–water partition coefficient (Wildman–Crippen LogP) is 0.815. The molecule has 1 heterocycles. The van der Waals surface area contributed by atoms with Gasteiger partial charge in [0.1, 0.15) is 0 Å². The lowest BCUT2D eigenvalue weighted by Crippen LogP contribution is -2.47. The van der Waals surface area contributed by atoms with Crippen LogP contribution in [0.3, 0.4) is 0 Å². The maximum absolute atomic E-state index is 12.6. The van der Waals surface area contributed by atoms with Crippen LogP contribution in [-0.4, -0.2) is 45.5 Å². The molecule has 1 saturated heterocycles. The quantitative estimate of drug-likeness (QED) is 0.759. The monoisotopic (exact) mass is 317 g/mol. The van der Waals surface area contributed by atoms with E-state index in [2.05, 4.69) is 4.72 Å². The first kappa shape index (κ1) is 15.2. The number of hydrogen-bond donors (Lipinski definition) is 1. The van der Waals surface area contributed by atoms with E-state index in [1.165, 1.54) is 7.11 Å². The summed E-state index contributed by atoms with van der Waals surface area (Å²) in [4.78, 5) is 11.8. The SMILES string of the molecule is COC(=O)C1CCCC1S(=O)(=O)NC1CCOC1C1CC1. The number of sulfonamides is 1. The Balaban J connectivity index is 1.69. The maximum Gasteiger partial charge on any atom is 0.310 e. The van der Waals surface area contributed by atoms with E-state index >= 15 is 0 Å². The predicted molar refractivity (Wildman–Crippen MR) is 76.1 cm³/mol. The van der Waals surface area contributed by atoms with Crippen molar-refractivity contribution >= 4 is 16.0 Å².